The molecule has 26 heavy (non-hydrogen) atoms. The molecular formula is C12H14NNaO9S3. The van der Waals surface area contributed by atoms with Crippen molar-refractivity contribution in [2.24, 2.45) is 0 Å². The number of benzene rings is 2. The van der Waals surface area contributed by atoms with Gasteiger partial charge < -0.3 is 7.16 Å². The quantitative estimate of drug-likeness (QED) is 0.247. The van der Waals surface area contributed by atoms with Gasteiger partial charge in [-0.25, -0.2) is 12.6 Å². The van der Waals surface area contributed by atoms with Crippen LogP contribution in [0.4, 0.5) is 5.69 Å². The summed E-state index contributed by atoms with van der Waals surface area (Å²) in [6.45, 7) is -0.794. The summed E-state index contributed by atoms with van der Waals surface area (Å²) in [7, 11) is -13.4. The topological polar surface area (TPSA) is 178 Å². The van der Waals surface area contributed by atoms with Crippen molar-refractivity contribution in [1.29, 1.82) is 0 Å². The minimum absolute atomic E-state index is 0. The maximum absolute atomic E-state index is 12.2. The number of rotatable bonds is 6. The van der Waals surface area contributed by atoms with Crippen molar-refractivity contribution in [3.8, 4) is 0 Å². The third kappa shape index (κ3) is 5.61. The molecule has 0 radical (unpaired) electrons. The Morgan fingerprint density at radius 2 is 1.62 bits per heavy atom. The van der Waals surface area contributed by atoms with Crippen LogP contribution >= 0.6 is 0 Å². The zero-order valence-corrected chi connectivity index (χ0v) is 17.8. The van der Waals surface area contributed by atoms with Crippen LogP contribution in [-0.4, -0.2) is 46.7 Å². The predicted molar refractivity (Wildman–Crippen MR) is 88.8 cm³/mol. The maximum atomic E-state index is 12.2. The van der Waals surface area contributed by atoms with Gasteiger partial charge in [-0.05, 0) is 23.6 Å². The van der Waals surface area contributed by atoms with Gasteiger partial charge in [-0.3, -0.25) is 9.11 Å². The summed E-state index contributed by atoms with van der Waals surface area (Å²) in [5.74, 6) is -0.738. The molecule has 0 amide bonds. The zero-order valence-electron chi connectivity index (χ0n) is 14.4. The molecular weight excluding hydrogens is 421 g/mol. The van der Waals surface area contributed by atoms with Gasteiger partial charge in [-0.15, -0.1) is 0 Å². The fourth-order valence-electron chi connectivity index (χ4n) is 2.14. The van der Waals surface area contributed by atoms with Crippen LogP contribution < -0.4 is 35.3 Å². The third-order valence-corrected chi connectivity index (χ3v) is 6.29. The largest absolute Gasteiger partial charge is 1.00 e. The third-order valence-electron chi connectivity index (χ3n) is 3.17. The average Bonchev–Trinajstić information content (AvgIpc) is 2.43. The molecule has 0 heterocycles. The van der Waals surface area contributed by atoms with Crippen molar-refractivity contribution >= 4 is 46.8 Å². The average molecular weight is 435 g/mol. The van der Waals surface area contributed by atoms with Gasteiger partial charge >= 0.3 is 40.0 Å². The van der Waals surface area contributed by atoms with E-state index in [1.165, 1.54) is 12.1 Å². The molecule has 0 saturated carbocycles. The monoisotopic (exact) mass is 435 g/mol. The summed E-state index contributed by atoms with van der Waals surface area (Å²) < 4.78 is 89.8. The van der Waals surface area contributed by atoms with E-state index in [1.807, 2.05) is 0 Å². The summed E-state index contributed by atoms with van der Waals surface area (Å²) >= 11 is 0. The second-order valence-corrected chi connectivity index (χ2v) is 9.47. The van der Waals surface area contributed by atoms with Crippen LogP contribution in [0, 0.1) is 0 Å². The molecule has 0 aliphatic rings. The Morgan fingerprint density at radius 1 is 1.00 bits per heavy atom. The minimum atomic E-state index is -4.76. The van der Waals surface area contributed by atoms with Crippen LogP contribution in [0.25, 0.3) is 10.8 Å². The number of hydrogen-bond acceptors (Lipinski definition) is 8. The van der Waals surface area contributed by atoms with E-state index in [0.29, 0.717) is 0 Å². The smallest absolute Gasteiger partial charge is 1.00 e. The Hall–Kier alpha value is -0.770. The SMILES string of the molecule is Nc1ccc2cc(S(=O)(=O)CCOS(=O)(=O)O)ccc2c1S(=O)(=O)O.[H-].[Na+]. The zero-order chi connectivity index (χ0) is 19.0. The number of nitrogen functional groups attached to an aromatic ring is 1. The Labute approximate surface area is 173 Å². The number of nitrogens with two attached hydrogens (primary N) is 1. The van der Waals surface area contributed by atoms with E-state index < -0.39 is 47.6 Å². The Balaban J connectivity index is 0.00000338. The van der Waals surface area contributed by atoms with Gasteiger partial charge in [0, 0.05) is 5.39 Å². The Bertz CT molecular complexity index is 1150. The molecule has 0 aliphatic heterocycles. The summed E-state index contributed by atoms with van der Waals surface area (Å²) in [4.78, 5) is -0.770. The molecule has 0 unspecified atom stereocenters. The van der Waals surface area contributed by atoms with Crippen LogP contribution in [0.3, 0.4) is 0 Å². The Kier molecular flexibility index (Phi) is 7.23. The van der Waals surface area contributed by atoms with Gasteiger partial charge in [0.25, 0.3) is 10.1 Å². The molecule has 10 nitrogen and oxygen atoms in total. The molecule has 0 aromatic heterocycles. The molecule has 2 aromatic rings. The molecule has 0 spiro atoms. The fourth-order valence-corrected chi connectivity index (χ4v) is 4.49. The van der Waals surface area contributed by atoms with Gasteiger partial charge in [0.15, 0.2) is 9.84 Å². The minimum Gasteiger partial charge on any atom is -1.00 e. The molecule has 0 bridgehead atoms. The molecule has 14 heteroatoms. The number of hydrogen-bond donors (Lipinski definition) is 3. The summed E-state index contributed by atoms with van der Waals surface area (Å²) in [5.41, 5.74) is 5.35. The van der Waals surface area contributed by atoms with Gasteiger partial charge in [-0.2, -0.15) is 16.8 Å². The van der Waals surface area contributed by atoms with Crippen LogP contribution in [-0.2, 0) is 34.5 Å². The van der Waals surface area contributed by atoms with Crippen molar-refractivity contribution < 1.29 is 69.5 Å². The van der Waals surface area contributed by atoms with Gasteiger partial charge in [0.05, 0.1) is 22.9 Å². The van der Waals surface area contributed by atoms with Gasteiger partial charge in [0.1, 0.15) is 4.90 Å². The van der Waals surface area contributed by atoms with Crippen molar-refractivity contribution in [2.75, 3.05) is 18.1 Å². The number of sulfone groups is 1. The normalized spacial score (nSPS) is 12.7. The van der Waals surface area contributed by atoms with Crippen LogP contribution in [0.15, 0.2) is 40.1 Å². The molecule has 0 atom stereocenters. The first-order valence-corrected chi connectivity index (χ1v) is 10.9. The molecule has 0 fully saturated rings. The molecule has 2 rings (SSSR count). The maximum Gasteiger partial charge on any atom is 1.00 e. The fraction of sp³-hybridized carbons (Fsp3) is 0.167. The number of fused-ring (bicyclic) bond motifs is 1. The summed E-state index contributed by atoms with van der Waals surface area (Å²) in [6, 6.07) is 5.95. The van der Waals surface area contributed by atoms with Gasteiger partial charge in [-0.1, -0.05) is 12.1 Å². The predicted octanol–water partition coefficient (Wildman–Crippen LogP) is -2.62. The van der Waals surface area contributed by atoms with Crippen molar-refractivity contribution in [3.05, 3.63) is 30.3 Å². The second-order valence-electron chi connectivity index (χ2n) is 4.91. The van der Waals surface area contributed by atoms with Crippen molar-refractivity contribution in [3.63, 3.8) is 0 Å². The first-order valence-electron chi connectivity index (χ1n) is 6.45. The summed E-state index contributed by atoms with van der Waals surface area (Å²) in [6.07, 6.45) is 0. The molecule has 0 aliphatic carbocycles. The Morgan fingerprint density at radius 3 is 2.15 bits per heavy atom. The van der Waals surface area contributed by atoms with E-state index in [2.05, 4.69) is 4.18 Å². The second kappa shape index (κ2) is 8.08. The van der Waals surface area contributed by atoms with Crippen molar-refractivity contribution in [1.82, 2.24) is 0 Å². The first-order chi connectivity index (χ1) is 11.3. The van der Waals surface area contributed by atoms with Crippen LogP contribution in [0.1, 0.15) is 1.43 Å². The van der Waals surface area contributed by atoms with Crippen LogP contribution in [0.5, 0.6) is 0 Å². The summed E-state index contributed by atoms with van der Waals surface area (Å²) in [5, 5.41) is 0.203. The van der Waals surface area contributed by atoms with E-state index in [9.17, 15) is 29.8 Å². The van der Waals surface area contributed by atoms with E-state index >= 15 is 0 Å². The molecule has 140 valence electrons. The molecule has 2 aromatic carbocycles. The van der Waals surface area contributed by atoms with E-state index in [4.69, 9.17) is 10.3 Å². The van der Waals surface area contributed by atoms with Crippen molar-refractivity contribution in [2.45, 2.75) is 9.79 Å². The standard InChI is InChI=1S/C12H13NO9S3.Na.H/c13-11-4-1-8-7-9(2-3-10(8)12(11)24(16,17)18)23(14,15)6-5-22-25(19,20)21;;/h1-4,7H,5-6,13H2,(H,16,17,18)(H,19,20,21);;/q;+1;-1. The number of anilines is 1. The van der Waals surface area contributed by atoms with E-state index in [1.54, 1.807) is 0 Å². The van der Waals surface area contributed by atoms with Gasteiger partial charge in [0.2, 0.25) is 0 Å². The molecule has 0 saturated heterocycles. The van der Waals surface area contributed by atoms with E-state index in [0.717, 1.165) is 18.2 Å². The van der Waals surface area contributed by atoms with Crippen LogP contribution in [0.2, 0.25) is 0 Å². The molecule has 4 N–H and O–H groups in total. The van der Waals surface area contributed by atoms with E-state index in [-0.39, 0.29) is 52.3 Å². The first kappa shape index (κ1) is 23.3.